The van der Waals surface area contributed by atoms with Crippen LogP contribution in [0.5, 0.6) is 0 Å². The highest BCUT2D eigenvalue weighted by Crippen LogP contribution is 2.20. The number of allylic oxidation sites excluding steroid dienone is 6. The third kappa shape index (κ3) is 4.93. The van der Waals surface area contributed by atoms with Gasteiger partial charge >= 0.3 is 0 Å². The van der Waals surface area contributed by atoms with Crippen molar-refractivity contribution in [3.05, 3.63) is 45.7 Å². The van der Waals surface area contributed by atoms with Gasteiger partial charge in [0.05, 0.1) is 0 Å². The Labute approximate surface area is 94.2 Å². The Hall–Kier alpha value is -0.510. The topological polar surface area (TPSA) is 26.0 Å². The second kappa shape index (κ2) is 6.95. The third-order valence-electron chi connectivity index (χ3n) is 1.65. The maximum Gasteiger partial charge on any atom is 0.00931 e. The molecule has 0 fully saturated rings. The lowest BCUT2D eigenvalue weighted by Crippen LogP contribution is -1.84. The fourth-order valence-electron chi connectivity index (χ4n) is 0.811. The molecule has 72 valence electrons. The van der Waals surface area contributed by atoms with Crippen LogP contribution in [0.3, 0.4) is 0 Å². The second-order valence-electron chi connectivity index (χ2n) is 2.65. The number of nitrogens with two attached hydrogens (primary N) is 1. The van der Waals surface area contributed by atoms with E-state index in [4.69, 9.17) is 5.73 Å². The number of rotatable bonds is 4. The zero-order chi connectivity index (χ0) is 10.3. The van der Waals surface area contributed by atoms with Gasteiger partial charge in [-0.15, -0.1) is 0 Å². The summed E-state index contributed by atoms with van der Waals surface area (Å²) in [7, 11) is 0. The molecule has 0 radical (unpaired) electrons. The van der Waals surface area contributed by atoms with Crippen LogP contribution in [-0.2, 0) is 0 Å². The summed E-state index contributed by atoms with van der Waals surface area (Å²) in [6.45, 7) is 8.04. The fraction of sp³-hybridized carbons (Fsp3) is 0.273. The smallest absolute Gasteiger partial charge is 0.00931 e. The SMILES string of the molecule is C=C(I)/C(C)=C(\C=C/N)/C=C\CC. The van der Waals surface area contributed by atoms with Gasteiger partial charge in [0.2, 0.25) is 0 Å². The Morgan fingerprint density at radius 3 is 2.46 bits per heavy atom. The summed E-state index contributed by atoms with van der Waals surface area (Å²) in [6.07, 6.45) is 8.66. The normalized spacial score (nSPS) is 13.8. The Balaban J connectivity index is 4.88. The predicted octanol–water partition coefficient (Wildman–Crippen LogP) is 3.69. The van der Waals surface area contributed by atoms with Crippen LogP contribution in [0.25, 0.3) is 0 Å². The van der Waals surface area contributed by atoms with Crippen molar-refractivity contribution in [2.24, 2.45) is 5.73 Å². The van der Waals surface area contributed by atoms with E-state index in [-0.39, 0.29) is 0 Å². The lowest BCUT2D eigenvalue weighted by molar-refractivity contribution is 1.22. The van der Waals surface area contributed by atoms with E-state index in [1.54, 1.807) is 6.20 Å². The van der Waals surface area contributed by atoms with E-state index >= 15 is 0 Å². The van der Waals surface area contributed by atoms with Gasteiger partial charge in [0.15, 0.2) is 0 Å². The van der Waals surface area contributed by atoms with E-state index in [0.29, 0.717) is 0 Å². The molecule has 13 heavy (non-hydrogen) atoms. The van der Waals surface area contributed by atoms with E-state index in [0.717, 1.165) is 15.6 Å². The molecule has 0 spiro atoms. The van der Waals surface area contributed by atoms with Crippen molar-refractivity contribution in [1.29, 1.82) is 0 Å². The van der Waals surface area contributed by atoms with Crippen LogP contribution >= 0.6 is 22.6 Å². The Kier molecular flexibility index (Phi) is 6.68. The van der Waals surface area contributed by atoms with Gasteiger partial charge in [-0.2, -0.15) is 0 Å². The lowest BCUT2D eigenvalue weighted by Gasteiger charge is -2.01. The van der Waals surface area contributed by atoms with Gasteiger partial charge in [-0.3, -0.25) is 0 Å². The predicted molar refractivity (Wildman–Crippen MR) is 68.6 cm³/mol. The van der Waals surface area contributed by atoms with E-state index < -0.39 is 0 Å². The third-order valence-corrected chi connectivity index (χ3v) is 2.46. The zero-order valence-corrected chi connectivity index (χ0v) is 10.3. The van der Waals surface area contributed by atoms with Crippen LogP contribution in [-0.4, -0.2) is 0 Å². The van der Waals surface area contributed by atoms with Crippen molar-refractivity contribution < 1.29 is 0 Å². The van der Waals surface area contributed by atoms with Crippen LogP contribution in [0, 0.1) is 0 Å². The molecule has 1 nitrogen and oxygen atoms in total. The highest BCUT2D eigenvalue weighted by Gasteiger charge is 1.96. The van der Waals surface area contributed by atoms with Gasteiger partial charge in [-0.1, -0.05) is 25.7 Å². The van der Waals surface area contributed by atoms with Crippen molar-refractivity contribution in [2.45, 2.75) is 20.3 Å². The summed E-state index contributed by atoms with van der Waals surface area (Å²) < 4.78 is 1.05. The molecule has 0 aliphatic rings. The Bertz CT molecular complexity index is 259. The van der Waals surface area contributed by atoms with Crippen LogP contribution in [0.2, 0.25) is 0 Å². The van der Waals surface area contributed by atoms with E-state index in [1.807, 2.05) is 13.0 Å². The highest BCUT2D eigenvalue weighted by molar-refractivity contribution is 14.1. The van der Waals surface area contributed by atoms with Crippen LogP contribution in [0.4, 0.5) is 0 Å². The molecule has 0 aliphatic carbocycles. The molecule has 0 unspecified atom stereocenters. The summed E-state index contributed by atoms with van der Waals surface area (Å²) in [5.74, 6) is 0. The van der Waals surface area contributed by atoms with Crippen molar-refractivity contribution >= 4 is 22.6 Å². The minimum absolute atomic E-state index is 1.03. The fourth-order valence-corrected chi connectivity index (χ4v) is 1.12. The second-order valence-corrected chi connectivity index (χ2v) is 3.96. The molecule has 0 aromatic heterocycles. The van der Waals surface area contributed by atoms with Crippen molar-refractivity contribution in [3.63, 3.8) is 0 Å². The van der Waals surface area contributed by atoms with Gasteiger partial charge in [0, 0.05) is 3.58 Å². The monoisotopic (exact) mass is 289 g/mol. The summed E-state index contributed by atoms with van der Waals surface area (Å²) in [6, 6.07) is 0. The largest absolute Gasteiger partial charge is 0.405 e. The first-order valence-corrected chi connectivity index (χ1v) is 5.31. The summed E-state index contributed by atoms with van der Waals surface area (Å²) in [5.41, 5.74) is 7.66. The molecule has 0 saturated carbocycles. The van der Waals surface area contributed by atoms with Crippen molar-refractivity contribution in [2.75, 3.05) is 0 Å². The van der Waals surface area contributed by atoms with E-state index in [2.05, 4.69) is 48.2 Å². The molecule has 0 aliphatic heterocycles. The zero-order valence-electron chi connectivity index (χ0n) is 8.18. The number of hydrogen-bond acceptors (Lipinski definition) is 1. The summed E-state index contributed by atoms with van der Waals surface area (Å²) in [5, 5.41) is 0. The van der Waals surface area contributed by atoms with Crippen LogP contribution < -0.4 is 5.73 Å². The van der Waals surface area contributed by atoms with Crippen molar-refractivity contribution in [3.8, 4) is 0 Å². The molecule has 2 heteroatoms. The molecule has 0 aromatic rings. The number of halogens is 1. The average molecular weight is 289 g/mol. The van der Waals surface area contributed by atoms with Gasteiger partial charge in [0.1, 0.15) is 0 Å². The van der Waals surface area contributed by atoms with Crippen LogP contribution in [0.15, 0.2) is 45.7 Å². The molecular weight excluding hydrogens is 273 g/mol. The molecule has 0 heterocycles. The molecule has 0 atom stereocenters. The van der Waals surface area contributed by atoms with E-state index in [9.17, 15) is 0 Å². The Morgan fingerprint density at radius 2 is 2.08 bits per heavy atom. The van der Waals surface area contributed by atoms with E-state index in [1.165, 1.54) is 5.57 Å². The summed E-state index contributed by atoms with van der Waals surface area (Å²) >= 11 is 2.21. The average Bonchev–Trinajstić information content (AvgIpc) is 2.11. The number of hydrogen-bond donors (Lipinski definition) is 1. The molecule has 0 rings (SSSR count). The maximum atomic E-state index is 5.36. The minimum Gasteiger partial charge on any atom is -0.405 e. The highest BCUT2D eigenvalue weighted by atomic mass is 127. The first-order valence-electron chi connectivity index (χ1n) is 4.24. The molecule has 0 aromatic carbocycles. The van der Waals surface area contributed by atoms with Gasteiger partial charge in [-0.25, -0.2) is 0 Å². The maximum absolute atomic E-state index is 5.36. The van der Waals surface area contributed by atoms with Gasteiger partial charge in [-0.05, 0) is 59.4 Å². The standard InChI is InChI=1S/C11H16IN/c1-4-5-6-11(7-8-13)9(2)10(3)12/h5-8H,3-4,13H2,1-2H3/b6-5-,8-7-,11-9-. The van der Waals surface area contributed by atoms with Gasteiger partial charge < -0.3 is 5.73 Å². The first-order chi connectivity index (χ1) is 6.13. The Morgan fingerprint density at radius 1 is 1.46 bits per heavy atom. The summed E-state index contributed by atoms with van der Waals surface area (Å²) in [4.78, 5) is 0. The minimum atomic E-state index is 1.03. The van der Waals surface area contributed by atoms with Crippen LogP contribution in [0.1, 0.15) is 20.3 Å². The van der Waals surface area contributed by atoms with Gasteiger partial charge in [0.25, 0.3) is 0 Å². The molecular formula is C11H16IN. The molecule has 0 saturated heterocycles. The van der Waals surface area contributed by atoms with Crippen molar-refractivity contribution in [1.82, 2.24) is 0 Å². The molecule has 2 N–H and O–H groups in total. The quantitative estimate of drug-likeness (QED) is 0.620. The lowest BCUT2D eigenvalue weighted by atomic mass is 10.1. The molecule has 0 amide bonds. The first kappa shape index (κ1) is 12.5. The molecule has 0 bridgehead atoms.